The average molecular weight is 383 g/mol. The van der Waals surface area contributed by atoms with Gasteiger partial charge in [-0.15, -0.1) is 0 Å². The average Bonchev–Trinajstić information content (AvgIpc) is 2.38. The van der Waals surface area contributed by atoms with Gasteiger partial charge in [-0.1, -0.05) is 12.1 Å². The lowest BCUT2D eigenvalue weighted by molar-refractivity contribution is 0.274. The maximum absolute atomic E-state index is 12.5. The highest BCUT2D eigenvalue weighted by Gasteiger charge is 2.32. The molecule has 112 valence electrons. The van der Waals surface area contributed by atoms with E-state index in [1.54, 1.807) is 18.2 Å². The molecule has 1 saturated heterocycles. The number of benzene rings is 1. The van der Waals surface area contributed by atoms with Crippen molar-refractivity contribution in [3.63, 3.8) is 0 Å². The molecule has 0 aromatic heterocycles. The third-order valence-electron chi connectivity index (χ3n) is 3.12. The number of piperazine rings is 1. The molecule has 6 nitrogen and oxygen atoms in total. The molecule has 0 spiro atoms. The molecule has 0 N–H and O–H groups in total. The summed E-state index contributed by atoms with van der Waals surface area (Å²) in [5.74, 6) is 0. The Kier molecular flexibility index (Phi) is 4.55. The number of sulfonamides is 2. The highest BCUT2D eigenvalue weighted by Crippen LogP contribution is 2.25. The van der Waals surface area contributed by atoms with Crippen LogP contribution < -0.4 is 0 Å². The van der Waals surface area contributed by atoms with Crippen molar-refractivity contribution < 1.29 is 16.8 Å². The first-order valence-corrected chi connectivity index (χ1v) is 10.0. The molecule has 1 aliphatic rings. The molecule has 9 heteroatoms. The molecule has 20 heavy (non-hydrogen) atoms. The van der Waals surface area contributed by atoms with Crippen LogP contribution in [0.15, 0.2) is 33.6 Å². The standard InChI is InChI=1S/C11H15BrN2O4S2/c1-19(15,16)13-6-8-14(9-7-13)20(17,18)11-5-3-2-4-10(11)12/h2-5H,6-9H2,1H3. The smallest absolute Gasteiger partial charge is 0.213 e. The predicted octanol–water partition coefficient (Wildman–Crippen LogP) is 0.715. The first-order valence-electron chi connectivity index (χ1n) is 5.93. The lowest BCUT2D eigenvalue weighted by Gasteiger charge is -2.32. The summed E-state index contributed by atoms with van der Waals surface area (Å²) in [6.07, 6.45) is 1.13. The van der Waals surface area contributed by atoms with E-state index in [1.165, 1.54) is 14.7 Å². The van der Waals surface area contributed by atoms with Crippen LogP contribution in [0.3, 0.4) is 0 Å². The molecule has 0 bridgehead atoms. The number of nitrogens with zero attached hydrogens (tertiary/aromatic N) is 2. The maximum Gasteiger partial charge on any atom is 0.244 e. The maximum atomic E-state index is 12.5. The van der Waals surface area contributed by atoms with Crippen molar-refractivity contribution in [2.24, 2.45) is 0 Å². The Labute approximate surface area is 127 Å². The molecular formula is C11H15BrN2O4S2. The molecule has 1 aromatic carbocycles. The summed E-state index contributed by atoms with van der Waals surface area (Å²) in [5, 5.41) is 0. The number of halogens is 1. The first kappa shape index (κ1) is 15.9. The first-order chi connectivity index (χ1) is 9.23. The summed E-state index contributed by atoms with van der Waals surface area (Å²) < 4.78 is 50.9. The summed E-state index contributed by atoms with van der Waals surface area (Å²) in [4.78, 5) is 0.202. The van der Waals surface area contributed by atoms with Crippen molar-refractivity contribution in [3.8, 4) is 0 Å². The number of rotatable bonds is 3. The minimum absolute atomic E-state index is 0.163. The highest BCUT2D eigenvalue weighted by molar-refractivity contribution is 9.10. The van der Waals surface area contributed by atoms with Crippen molar-refractivity contribution in [2.75, 3.05) is 32.4 Å². The largest absolute Gasteiger partial charge is 0.244 e. The molecule has 1 fully saturated rings. The topological polar surface area (TPSA) is 74.8 Å². The normalized spacial score (nSPS) is 19.1. The van der Waals surface area contributed by atoms with Crippen LogP contribution in [0.4, 0.5) is 0 Å². The van der Waals surface area contributed by atoms with Crippen LogP contribution in [0, 0.1) is 0 Å². The van der Waals surface area contributed by atoms with E-state index in [-0.39, 0.29) is 31.1 Å². The summed E-state index contributed by atoms with van der Waals surface area (Å²) in [6.45, 7) is 0.693. The molecule has 1 heterocycles. The molecule has 1 aromatic rings. The van der Waals surface area contributed by atoms with Gasteiger partial charge in [-0.3, -0.25) is 0 Å². The van der Waals surface area contributed by atoms with Crippen LogP contribution in [0.5, 0.6) is 0 Å². The lowest BCUT2D eigenvalue weighted by atomic mass is 10.4. The highest BCUT2D eigenvalue weighted by atomic mass is 79.9. The molecule has 0 saturated carbocycles. The molecule has 2 rings (SSSR count). The van der Waals surface area contributed by atoms with Gasteiger partial charge < -0.3 is 0 Å². The van der Waals surface area contributed by atoms with E-state index in [0.29, 0.717) is 4.47 Å². The third-order valence-corrected chi connectivity index (χ3v) is 7.34. The van der Waals surface area contributed by atoms with Crippen LogP contribution >= 0.6 is 15.9 Å². The van der Waals surface area contributed by atoms with Crippen LogP contribution in [0.2, 0.25) is 0 Å². The van der Waals surface area contributed by atoms with Gasteiger partial charge in [0.25, 0.3) is 0 Å². The van der Waals surface area contributed by atoms with Gasteiger partial charge in [0.05, 0.1) is 11.2 Å². The zero-order chi connectivity index (χ0) is 15.0. The van der Waals surface area contributed by atoms with Crippen LogP contribution in [0.25, 0.3) is 0 Å². The Balaban J connectivity index is 2.20. The molecule has 0 amide bonds. The Morgan fingerprint density at radius 1 is 0.950 bits per heavy atom. The van der Waals surface area contributed by atoms with Gasteiger partial charge in [-0.2, -0.15) is 8.61 Å². The van der Waals surface area contributed by atoms with Crippen LogP contribution in [0.1, 0.15) is 0 Å². The van der Waals surface area contributed by atoms with Crippen molar-refractivity contribution >= 4 is 36.0 Å². The lowest BCUT2D eigenvalue weighted by Crippen LogP contribution is -2.50. The number of hydrogen-bond acceptors (Lipinski definition) is 4. The van der Waals surface area contributed by atoms with E-state index >= 15 is 0 Å². The molecule has 0 atom stereocenters. The third kappa shape index (κ3) is 3.22. The summed E-state index contributed by atoms with van der Waals surface area (Å²) >= 11 is 3.23. The second kappa shape index (κ2) is 5.72. The molecule has 1 aliphatic heterocycles. The second-order valence-corrected chi connectivity index (χ2v) is 9.24. The summed E-state index contributed by atoms with van der Waals surface area (Å²) in [5.41, 5.74) is 0. The van der Waals surface area contributed by atoms with E-state index in [0.717, 1.165) is 6.26 Å². The Morgan fingerprint density at radius 2 is 1.45 bits per heavy atom. The van der Waals surface area contributed by atoms with E-state index in [4.69, 9.17) is 0 Å². The van der Waals surface area contributed by atoms with Gasteiger partial charge in [0, 0.05) is 30.7 Å². The van der Waals surface area contributed by atoms with Crippen molar-refractivity contribution in [1.29, 1.82) is 0 Å². The number of hydrogen-bond donors (Lipinski definition) is 0. The molecule has 0 radical (unpaired) electrons. The fourth-order valence-electron chi connectivity index (χ4n) is 2.03. The minimum atomic E-state index is -3.60. The summed E-state index contributed by atoms with van der Waals surface area (Å²) in [7, 11) is -6.86. The zero-order valence-corrected chi connectivity index (χ0v) is 14.1. The van der Waals surface area contributed by atoms with Crippen LogP contribution in [-0.2, 0) is 20.0 Å². The van der Waals surface area contributed by atoms with Crippen molar-refractivity contribution in [1.82, 2.24) is 8.61 Å². The quantitative estimate of drug-likeness (QED) is 0.771. The van der Waals surface area contributed by atoms with E-state index in [9.17, 15) is 16.8 Å². The van der Waals surface area contributed by atoms with E-state index in [1.807, 2.05) is 0 Å². The van der Waals surface area contributed by atoms with Gasteiger partial charge in [-0.05, 0) is 28.1 Å². The van der Waals surface area contributed by atoms with Gasteiger partial charge in [0.2, 0.25) is 20.0 Å². The van der Waals surface area contributed by atoms with Gasteiger partial charge in [0.15, 0.2) is 0 Å². The summed E-state index contributed by atoms with van der Waals surface area (Å²) in [6, 6.07) is 6.59. The second-order valence-electron chi connectivity index (χ2n) is 4.50. The molecule has 0 unspecified atom stereocenters. The van der Waals surface area contributed by atoms with Gasteiger partial charge in [-0.25, -0.2) is 16.8 Å². The Hall–Kier alpha value is -0.480. The zero-order valence-electron chi connectivity index (χ0n) is 10.9. The Bertz CT molecular complexity index is 695. The SMILES string of the molecule is CS(=O)(=O)N1CCN(S(=O)(=O)c2ccccc2Br)CC1. The van der Waals surface area contributed by atoms with Gasteiger partial charge >= 0.3 is 0 Å². The van der Waals surface area contributed by atoms with Crippen molar-refractivity contribution in [2.45, 2.75) is 4.90 Å². The van der Waals surface area contributed by atoms with E-state index < -0.39 is 20.0 Å². The van der Waals surface area contributed by atoms with E-state index in [2.05, 4.69) is 15.9 Å². The monoisotopic (exact) mass is 382 g/mol. The van der Waals surface area contributed by atoms with Crippen molar-refractivity contribution in [3.05, 3.63) is 28.7 Å². The fraction of sp³-hybridized carbons (Fsp3) is 0.455. The Morgan fingerprint density at radius 3 is 1.95 bits per heavy atom. The predicted molar refractivity (Wildman–Crippen MR) is 79.3 cm³/mol. The molecular weight excluding hydrogens is 368 g/mol. The fourth-order valence-corrected chi connectivity index (χ4v) is 5.25. The molecule has 0 aliphatic carbocycles. The van der Waals surface area contributed by atoms with Crippen LogP contribution in [-0.4, -0.2) is 57.9 Å². The minimum Gasteiger partial charge on any atom is -0.213 e. The van der Waals surface area contributed by atoms with Gasteiger partial charge in [0.1, 0.15) is 0 Å².